The Morgan fingerprint density at radius 2 is 1.95 bits per heavy atom. The molecule has 0 bridgehead atoms. The van der Waals surface area contributed by atoms with Gasteiger partial charge in [-0.3, -0.25) is 19.9 Å². The lowest BCUT2D eigenvalue weighted by Gasteiger charge is -2.05. The number of nitrogens with one attached hydrogen (secondary N) is 1. The molecule has 0 amide bonds. The molecule has 0 unspecified atom stereocenters. The zero-order valence-corrected chi connectivity index (χ0v) is 9.91. The molecule has 0 atom stereocenters. The minimum Gasteiger partial charge on any atom is -0.300 e. The van der Waals surface area contributed by atoms with E-state index in [2.05, 4.69) is 4.98 Å². The quantitative estimate of drug-likeness (QED) is 0.646. The van der Waals surface area contributed by atoms with E-state index in [-0.39, 0.29) is 12.2 Å². The maximum Gasteiger partial charge on any atom is 0.328 e. The number of aromatic nitrogens is 2. The second kappa shape index (κ2) is 5.30. The maximum atomic E-state index is 11.5. The molecule has 98 valence electrons. The molecule has 0 saturated heterocycles. The van der Waals surface area contributed by atoms with E-state index in [1.807, 2.05) is 0 Å². The van der Waals surface area contributed by atoms with Gasteiger partial charge in [-0.05, 0) is 6.42 Å². The summed E-state index contributed by atoms with van der Waals surface area (Å²) < 4.78 is 1.30. The van der Waals surface area contributed by atoms with Gasteiger partial charge in [0.25, 0.3) is 11.2 Å². The van der Waals surface area contributed by atoms with Crippen molar-refractivity contribution in [3.05, 3.63) is 73.0 Å². The van der Waals surface area contributed by atoms with Crippen molar-refractivity contribution in [1.29, 1.82) is 0 Å². The normalized spacial score (nSPS) is 10.3. The monoisotopic (exact) mass is 261 g/mol. The van der Waals surface area contributed by atoms with Crippen LogP contribution in [0, 0.1) is 10.1 Å². The average Bonchev–Trinajstić information content (AvgIpc) is 2.38. The Morgan fingerprint density at radius 1 is 1.21 bits per heavy atom. The third-order valence-corrected chi connectivity index (χ3v) is 2.71. The molecule has 1 aromatic carbocycles. The standard InChI is InChI=1S/C12H11N3O4/c16-11-6-8-14(12(17)13-11)7-5-9-3-1-2-4-10(9)15(18)19/h1-4,6,8H,5,7H2,(H,13,16,17). The van der Waals surface area contributed by atoms with Gasteiger partial charge in [0.2, 0.25) is 0 Å². The summed E-state index contributed by atoms with van der Waals surface area (Å²) in [5.41, 5.74) is -0.413. The molecule has 0 aliphatic carbocycles. The van der Waals surface area contributed by atoms with Crippen LogP contribution in [0.15, 0.2) is 46.1 Å². The Balaban J connectivity index is 2.21. The summed E-state index contributed by atoms with van der Waals surface area (Å²) in [5, 5.41) is 10.8. The van der Waals surface area contributed by atoms with E-state index in [1.165, 1.54) is 22.9 Å². The summed E-state index contributed by atoms with van der Waals surface area (Å²) in [4.78, 5) is 34.9. The highest BCUT2D eigenvalue weighted by Crippen LogP contribution is 2.18. The van der Waals surface area contributed by atoms with Gasteiger partial charge < -0.3 is 4.57 Å². The molecule has 2 rings (SSSR count). The fourth-order valence-corrected chi connectivity index (χ4v) is 1.76. The van der Waals surface area contributed by atoms with E-state index in [1.54, 1.807) is 18.2 Å². The average molecular weight is 261 g/mol. The number of nitro benzene ring substituents is 1. The van der Waals surface area contributed by atoms with Crippen molar-refractivity contribution in [2.75, 3.05) is 0 Å². The largest absolute Gasteiger partial charge is 0.328 e. The molecular weight excluding hydrogens is 250 g/mol. The molecule has 0 saturated carbocycles. The number of nitrogens with zero attached hydrogens (tertiary/aromatic N) is 2. The second-order valence-corrected chi connectivity index (χ2v) is 3.94. The van der Waals surface area contributed by atoms with Gasteiger partial charge in [0.05, 0.1) is 4.92 Å². The zero-order valence-electron chi connectivity index (χ0n) is 9.91. The minimum absolute atomic E-state index is 0.0278. The van der Waals surface area contributed by atoms with Crippen molar-refractivity contribution in [3.8, 4) is 0 Å². The van der Waals surface area contributed by atoms with Crippen LogP contribution in [0.2, 0.25) is 0 Å². The lowest BCUT2D eigenvalue weighted by atomic mass is 10.1. The maximum absolute atomic E-state index is 11.5. The van der Waals surface area contributed by atoms with E-state index >= 15 is 0 Å². The third-order valence-electron chi connectivity index (χ3n) is 2.71. The van der Waals surface area contributed by atoms with Crippen molar-refractivity contribution in [2.24, 2.45) is 0 Å². The summed E-state index contributed by atoms with van der Waals surface area (Å²) in [6.45, 7) is 0.264. The van der Waals surface area contributed by atoms with Crippen LogP contribution < -0.4 is 11.2 Å². The molecule has 2 aromatic rings. The van der Waals surface area contributed by atoms with Crippen LogP contribution in [0.3, 0.4) is 0 Å². The van der Waals surface area contributed by atoms with Crippen LogP contribution >= 0.6 is 0 Å². The molecule has 7 nitrogen and oxygen atoms in total. The van der Waals surface area contributed by atoms with Crippen molar-refractivity contribution in [1.82, 2.24) is 9.55 Å². The number of H-pyrrole nitrogens is 1. The lowest BCUT2D eigenvalue weighted by Crippen LogP contribution is -2.29. The van der Waals surface area contributed by atoms with Gasteiger partial charge in [-0.25, -0.2) is 4.79 Å². The molecule has 19 heavy (non-hydrogen) atoms. The van der Waals surface area contributed by atoms with E-state index in [4.69, 9.17) is 0 Å². The number of nitro groups is 1. The molecule has 0 aliphatic heterocycles. The first-order chi connectivity index (χ1) is 9.08. The SMILES string of the molecule is O=c1ccn(CCc2ccccc2[N+](=O)[O-])c(=O)[nH]1. The van der Waals surface area contributed by atoms with E-state index in [0.29, 0.717) is 12.0 Å². The first-order valence-corrected chi connectivity index (χ1v) is 5.60. The lowest BCUT2D eigenvalue weighted by molar-refractivity contribution is -0.385. The molecule has 0 radical (unpaired) electrons. The van der Waals surface area contributed by atoms with Crippen LogP contribution in [-0.4, -0.2) is 14.5 Å². The van der Waals surface area contributed by atoms with Crippen molar-refractivity contribution in [2.45, 2.75) is 13.0 Å². The summed E-state index contributed by atoms with van der Waals surface area (Å²) in [7, 11) is 0. The predicted octanol–water partition coefficient (Wildman–Crippen LogP) is 0.688. The molecule has 1 heterocycles. The van der Waals surface area contributed by atoms with Crippen LogP contribution in [0.4, 0.5) is 5.69 Å². The topological polar surface area (TPSA) is 98.0 Å². The van der Waals surface area contributed by atoms with Crippen LogP contribution in [-0.2, 0) is 13.0 Å². The number of aryl methyl sites for hydroxylation is 2. The fourth-order valence-electron chi connectivity index (χ4n) is 1.76. The van der Waals surface area contributed by atoms with E-state index < -0.39 is 16.2 Å². The Labute approximate surface area is 107 Å². The second-order valence-electron chi connectivity index (χ2n) is 3.94. The predicted molar refractivity (Wildman–Crippen MR) is 68.1 cm³/mol. The molecule has 0 spiro atoms. The smallest absolute Gasteiger partial charge is 0.300 e. The number of aromatic amines is 1. The number of rotatable bonds is 4. The molecule has 0 aliphatic rings. The van der Waals surface area contributed by atoms with Crippen molar-refractivity contribution in [3.63, 3.8) is 0 Å². The summed E-state index contributed by atoms with van der Waals surface area (Å²) in [6, 6.07) is 7.60. The summed E-state index contributed by atoms with van der Waals surface area (Å²) >= 11 is 0. The number of hydrogen-bond acceptors (Lipinski definition) is 4. The van der Waals surface area contributed by atoms with Gasteiger partial charge in [-0.1, -0.05) is 18.2 Å². The molecule has 1 N–H and O–H groups in total. The summed E-state index contributed by atoms with van der Waals surface area (Å²) in [5.74, 6) is 0. The van der Waals surface area contributed by atoms with Crippen molar-refractivity contribution < 1.29 is 4.92 Å². The Morgan fingerprint density at radius 3 is 2.63 bits per heavy atom. The van der Waals surface area contributed by atoms with Crippen LogP contribution in [0.25, 0.3) is 0 Å². The number of hydrogen-bond donors (Lipinski definition) is 1. The zero-order chi connectivity index (χ0) is 13.8. The van der Waals surface area contributed by atoms with Crippen LogP contribution in [0.1, 0.15) is 5.56 Å². The highest BCUT2D eigenvalue weighted by atomic mass is 16.6. The number of para-hydroxylation sites is 1. The van der Waals surface area contributed by atoms with Gasteiger partial charge in [0.1, 0.15) is 0 Å². The third kappa shape index (κ3) is 2.95. The fraction of sp³-hybridized carbons (Fsp3) is 0.167. The van der Waals surface area contributed by atoms with Gasteiger partial charge in [0, 0.05) is 30.4 Å². The number of benzene rings is 1. The molecular formula is C12H11N3O4. The first-order valence-electron chi connectivity index (χ1n) is 5.60. The van der Waals surface area contributed by atoms with E-state index in [9.17, 15) is 19.7 Å². The Bertz CT molecular complexity index is 717. The highest BCUT2D eigenvalue weighted by molar-refractivity contribution is 5.39. The van der Waals surface area contributed by atoms with E-state index in [0.717, 1.165) is 0 Å². The van der Waals surface area contributed by atoms with Crippen LogP contribution in [0.5, 0.6) is 0 Å². The Hall–Kier alpha value is -2.70. The van der Waals surface area contributed by atoms with Gasteiger partial charge in [-0.15, -0.1) is 0 Å². The molecule has 1 aromatic heterocycles. The van der Waals surface area contributed by atoms with Crippen molar-refractivity contribution >= 4 is 5.69 Å². The molecule has 0 fully saturated rings. The molecule has 7 heteroatoms. The van der Waals surface area contributed by atoms with Gasteiger partial charge in [-0.2, -0.15) is 0 Å². The first kappa shape index (κ1) is 12.7. The Kier molecular flexibility index (Phi) is 3.56. The van der Waals surface area contributed by atoms with Gasteiger partial charge in [0.15, 0.2) is 0 Å². The summed E-state index contributed by atoms with van der Waals surface area (Å²) in [6.07, 6.45) is 1.71. The van der Waals surface area contributed by atoms with Gasteiger partial charge >= 0.3 is 5.69 Å². The minimum atomic E-state index is -0.522. The highest BCUT2D eigenvalue weighted by Gasteiger charge is 2.11.